The van der Waals surface area contributed by atoms with Crippen LogP contribution in [-0.4, -0.2) is 51.1 Å². The SMILES string of the molecule is Cc1cnc(COc2cc3oc(=O)n(CC(N)(CO)C(=O)OCCCO)c3cc2Cl)o1. The Balaban J connectivity index is 1.84. The molecule has 0 radical (unpaired) electrons. The van der Waals surface area contributed by atoms with Gasteiger partial charge in [0, 0.05) is 19.1 Å². The fourth-order valence-electron chi connectivity index (χ4n) is 2.77. The molecule has 1 unspecified atom stereocenters. The van der Waals surface area contributed by atoms with Gasteiger partial charge in [-0.15, -0.1) is 0 Å². The number of esters is 1. The highest BCUT2D eigenvalue weighted by atomic mass is 35.5. The second-order valence-corrected chi connectivity index (χ2v) is 7.29. The van der Waals surface area contributed by atoms with Crippen LogP contribution >= 0.6 is 11.6 Å². The predicted molar refractivity (Wildman–Crippen MR) is 108 cm³/mol. The first kappa shape index (κ1) is 22.8. The summed E-state index contributed by atoms with van der Waals surface area (Å²) in [6, 6.07) is 2.84. The summed E-state index contributed by atoms with van der Waals surface area (Å²) in [6.07, 6.45) is 1.77. The minimum absolute atomic E-state index is 0.0140. The van der Waals surface area contributed by atoms with E-state index in [1.165, 1.54) is 12.1 Å². The van der Waals surface area contributed by atoms with Crippen molar-refractivity contribution in [3.8, 4) is 5.75 Å². The van der Waals surface area contributed by atoms with Gasteiger partial charge in [0.2, 0.25) is 5.89 Å². The van der Waals surface area contributed by atoms with Crippen molar-refractivity contribution in [2.45, 2.75) is 32.0 Å². The third-order valence-electron chi connectivity index (χ3n) is 4.41. The number of aliphatic hydroxyl groups excluding tert-OH is 2. The molecule has 2 aromatic heterocycles. The summed E-state index contributed by atoms with van der Waals surface area (Å²) in [6.45, 7) is 0.313. The summed E-state index contributed by atoms with van der Waals surface area (Å²) in [4.78, 5) is 28.7. The fraction of sp³-hybridized carbons (Fsp3) is 0.421. The molecule has 4 N–H and O–H groups in total. The zero-order valence-corrected chi connectivity index (χ0v) is 17.4. The van der Waals surface area contributed by atoms with Gasteiger partial charge < -0.3 is 34.3 Å². The molecular formula is C19H22ClN3O8. The van der Waals surface area contributed by atoms with E-state index in [4.69, 9.17) is 40.7 Å². The van der Waals surface area contributed by atoms with Crippen LogP contribution in [0.15, 0.2) is 32.0 Å². The lowest BCUT2D eigenvalue weighted by Crippen LogP contribution is -2.56. The summed E-state index contributed by atoms with van der Waals surface area (Å²) in [7, 11) is 0. The van der Waals surface area contributed by atoms with Crippen molar-refractivity contribution in [3.05, 3.63) is 45.6 Å². The zero-order valence-electron chi connectivity index (χ0n) is 16.7. The molecular weight excluding hydrogens is 434 g/mol. The number of oxazole rings is 2. The van der Waals surface area contributed by atoms with Crippen molar-refractivity contribution in [1.82, 2.24) is 9.55 Å². The Kier molecular flexibility index (Phi) is 7.01. The van der Waals surface area contributed by atoms with Crippen LogP contribution in [0.3, 0.4) is 0 Å². The van der Waals surface area contributed by atoms with Crippen LogP contribution in [0.2, 0.25) is 5.02 Å². The summed E-state index contributed by atoms with van der Waals surface area (Å²) in [5.41, 5.74) is 4.48. The molecule has 0 saturated carbocycles. The number of aliphatic hydroxyl groups is 2. The molecule has 11 nitrogen and oxygen atoms in total. The van der Waals surface area contributed by atoms with E-state index in [-0.39, 0.29) is 48.1 Å². The van der Waals surface area contributed by atoms with Crippen LogP contribution in [0.1, 0.15) is 18.1 Å². The third kappa shape index (κ3) is 5.07. The van der Waals surface area contributed by atoms with Gasteiger partial charge in [0.1, 0.15) is 11.5 Å². The molecule has 0 amide bonds. The number of ether oxygens (including phenoxy) is 2. The summed E-state index contributed by atoms with van der Waals surface area (Å²) >= 11 is 6.28. The predicted octanol–water partition coefficient (Wildman–Crippen LogP) is 0.739. The number of carbonyl (C=O) groups excluding carboxylic acids is 1. The van der Waals surface area contributed by atoms with Crippen LogP contribution < -0.4 is 16.2 Å². The van der Waals surface area contributed by atoms with Crippen molar-refractivity contribution in [1.29, 1.82) is 0 Å². The van der Waals surface area contributed by atoms with Gasteiger partial charge in [0.05, 0.1) is 36.5 Å². The van der Waals surface area contributed by atoms with Gasteiger partial charge in [-0.2, -0.15) is 0 Å². The van der Waals surface area contributed by atoms with E-state index in [0.29, 0.717) is 11.7 Å². The van der Waals surface area contributed by atoms with Gasteiger partial charge in [-0.3, -0.25) is 4.57 Å². The molecule has 0 saturated heterocycles. The van der Waals surface area contributed by atoms with E-state index in [1.807, 2.05) is 0 Å². The van der Waals surface area contributed by atoms with Gasteiger partial charge in [0.25, 0.3) is 0 Å². The molecule has 168 valence electrons. The highest BCUT2D eigenvalue weighted by Crippen LogP contribution is 2.31. The van der Waals surface area contributed by atoms with Gasteiger partial charge in [-0.1, -0.05) is 11.6 Å². The maximum absolute atomic E-state index is 12.4. The van der Waals surface area contributed by atoms with Crippen LogP contribution in [0.25, 0.3) is 11.1 Å². The maximum atomic E-state index is 12.4. The van der Waals surface area contributed by atoms with Crippen molar-refractivity contribution in [2.75, 3.05) is 19.8 Å². The Labute approximate surface area is 180 Å². The maximum Gasteiger partial charge on any atom is 0.420 e. The van der Waals surface area contributed by atoms with E-state index >= 15 is 0 Å². The first-order chi connectivity index (χ1) is 14.8. The average Bonchev–Trinajstić information content (AvgIpc) is 3.29. The van der Waals surface area contributed by atoms with Crippen LogP contribution in [0.5, 0.6) is 5.75 Å². The molecule has 12 heteroatoms. The standard InChI is InChI=1S/C19H22ClN3O8/c1-11-7-22-16(30-11)8-29-14-6-15-13(5-12(14)20)23(18(27)31-15)9-19(21,10-25)17(26)28-4-2-3-24/h5-7,24-25H,2-4,8-10,21H2,1H3. The molecule has 0 spiro atoms. The zero-order chi connectivity index (χ0) is 22.6. The monoisotopic (exact) mass is 455 g/mol. The number of hydrogen-bond donors (Lipinski definition) is 3. The topological polar surface area (TPSA) is 163 Å². The molecule has 1 atom stereocenters. The number of aromatic nitrogens is 2. The van der Waals surface area contributed by atoms with Crippen molar-refractivity contribution in [3.63, 3.8) is 0 Å². The first-order valence-electron chi connectivity index (χ1n) is 9.32. The number of rotatable bonds is 10. The van der Waals surface area contributed by atoms with Crippen LogP contribution in [0.4, 0.5) is 0 Å². The van der Waals surface area contributed by atoms with Crippen molar-refractivity contribution in [2.24, 2.45) is 5.73 Å². The summed E-state index contributed by atoms with van der Waals surface area (Å²) in [5, 5.41) is 18.6. The molecule has 3 aromatic rings. The minimum Gasteiger partial charge on any atom is -0.482 e. The molecule has 0 bridgehead atoms. The molecule has 1 aromatic carbocycles. The lowest BCUT2D eigenvalue weighted by atomic mass is 10.0. The number of halogens is 1. The highest BCUT2D eigenvalue weighted by molar-refractivity contribution is 6.32. The van der Waals surface area contributed by atoms with Crippen LogP contribution in [0, 0.1) is 6.92 Å². The lowest BCUT2D eigenvalue weighted by molar-refractivity contribution is -0.152. The van der Waals surface area contributed by atoms with Gasteiger partial charge in [-0.25, -0.2) is 14.6 Å². The number of aryl methyl sites for hydroxylation is 1. The normalized spacial score (nSPS) is 13.3. The van der Waals surface area contributed by atoms with E-state index < -0.39 is 30.4 Å². The Morgan fingerprint density at radius 2 is 2.13 bits per heavy atom. The van der Waals surface area contributed by atoms with E-state index in [0.717, 1.165) is 4.57 Å². The second kappa shape index (κ2) is 9.52. The van der Waals surface area contributed by atoms with Crippen molar-refractivity contribution >= 4 is 28.7 Å². The average molecular weight is 456 g/mol. The molecule has 3 rings (SSSR count). The van der Waals surface area contributed by atoms with Gasteiger partial charge in [-0.05, 0) is 13.0 Å². The quantitative estimate of drug-likeness (QED) is 0.293. The largest absolute Gasteiger partial charge is 0.482 e. The number of benzene rings is 1. The Morgan fingerprint density at radius 1 is 1.35 bits per heavy atom. The van der Waals surface area contributed by atoms with Gasteiger partial charge in [0.15, 0.2) is 17.7 Å². The number of carbonyl (C=O) groups is 1. The van der Waals surface area contributed by atoms with Crippen molar-refractivity contribution < 1.29 is 33.3 Å². The molecule has 0 aliphatic rings. The van der Waals surface area contributed by atoms with E-state index in [2.05, 4.69) is 4.98 Å². The molecule has 0 fully saturated rings. The lowest BCUT2D eigenvalue weighted by Gasteiger charge is -2.25. The third-order valence-corrected chi connectivity index (χ3v) is 4.70. The number of fused-ring (bicyclic) bond motifs is 1. The Hall–Kier alpha value is -2.86. The van der Waals surface area contributed by atoms with E-state index in [9.17, 15) is 14.7 Å². The molecule has 31 heavy (non-hydrogen) atoms. The molecule has 0 aliphatic carbocycles. The second-order valence-electron chi connectivity index (χ2n) is 6.89. The highest BCUT2D eigenvalue weighted by Gasteiger charge is 2.37. The fourth-order valence-corrected chi connectivity index (χ4v) is 2.98. The van der Waals surface area contributed by atoms with E-state index in [1.54, 1.807) is 13.1 Å². The minimum atomic E-state index is -1.90. The Morgan fingerprint density at radius 3 is 2.77 bits per heavy atom. The Bertz CT molecular complexity index is 1120. The number of nitrogens with zero attached hydrogens (tertiary/aromatic N) is 2. The first-order valence-corrected chi connectivity index (χ1v) is 9.70. The number of hydrogen-bond acceptors (Lipinski definition) is 10. The van der Waals surface area contributed by atoms with Crippen LogP contribution in [-0.2, 0) is 22.7 Å². The molecule has 0 aliphatic heterocycles. The van der Waals surface area contributed by atoms with Gasteiger partial charge >= 0.3 is 11.7 Å². The smallest absolute Gasteiger partial charge is 0.420 e. The summed E-state index contributed by atoms with van der Waals surface area (Å²) in [5.74, 6) is -0.513. The summed E-state index contributed by atoms with van der Waals surface area (Å²) < 4.78 is 22.2. The number of nitrogens with two attached hydrogens (primary N) is 1. The molecule has 2 heterocycles.